The van der Waals surface area contributed by atoms with Crippen molar-refractivity contribution in [3.8, 4) is 33.4 Å². The lowest BCUT2D eigenvalue weighted by Gasteiger charge is -2.19. The summed E-state index contributed by atoms with van der Waals surface area (Å²) in [5.74, 6) is 0. The first-order valence-corrected chi connectivity index (χ1v) is 14.1. The summed E-state index contributed by atoms with van der Waals surface area (Å²) in [5, 5.41) is 4.13. The first-order chi connectivity index (χ1) is 24.7. The maximum Gasteiger partial charge on any atom is 0.136 e. The molecule has 200 valence electrons. The standard InChI is InChI=1S/C42H26O/c1-2-12-27(13-3-1)29-24-25-38(31-15-5-4-14-30(29)31)42-36-19-8-6-17-34(36)41(35-18-7-9-20-37(35)42)28-22-23-33-32-16-10-11-21-39(32)43-40(33)26-28/h1-26H/i6D,7D,8D,9D,17D,18D,19D,20D. The van der Waals surface area contributed by atoms with E-state index in [-0.39, 0.29) is 51.3 Å². The van der Waals surface area contributed by atoms with Crippen LogP contribution in [0.5, 0.6) is 0 Å². The van der Waals surface area contributed by atoms with E-state index >= 15 is 0 Å². The van der Waals surface area contributed by atoms with Crippen LogP contribution in [0.25, 0.3) is 87.6 Å². The van der Waals surface area contributed by atoms with E-state index in [0.717, 1.165) is 32.7 Å². The molecule has 1 heterocycles. The lowest BCUT2D eigenvalue weighted by molar-refractivity contribution is 0.669. The summed E-state index contributed by atoms with van der Waals surface area (Å²) >= 11 is 0. The summed E-state index contributed by atoms with van der Waals surface area (Å²) in [4.78, 5) is 0. The molecule has 0 unspecified atom stereocenters. The van der Waals surface area contributed by atoms with Gasteiger partial charge in [0.25, 0.3) is 0 Å². The average Bonchev–Trinajstić information content (AvgIpc) is 3.54. The minimum atomic E-state index is -0.436. The van der Waals surface area contributed by atoms with Crippen molar-refractivity contribution in [3.63, 3.8) is 0 Å². The van der Waals surface area contributed by atoms with Crippen LogP contribution >= 0.6 is 0 Å². The Balaban J connectivity index is 1.52. The van der Waals surface area contributed by atoms with Gasteiger partial charge in [-0.05, 0) is 83.9 Å². The molecule has 0 fully saturated rings. The first-order valence-electron chi connectivity index (χ1n) is 18.1. The van der Waals surface area contributed by atoms with Gasteiger partial charge in [0.2, 0.25) is 0 Å². The molecule has 0 spiro atoms. The van der Waals surface area contributed by atoms with E-state index in [1.165, 1.54) is 0 Å². The molecule has 0 bridgehead atoms. The minimum absolute atomic E-state index is 0.167. The molecule has 1 heteroatoms. The molecular formula is C42H26O. The summed E-state index contributed by atoms with van der Waals surface area (Å²) < 4.78 is 78.7. The van der Waals surface area contributed by atoms with Crippen molar-refractivity contribution >= 4 is 54.3 Å². The van der Waals surface area contributed by atoms with E-state index in [1.807, 2.05) is 103 Å². The molecule has 0 amide bonds. The Labute approximate surface area is 260 Å². The molecule has 8 aromatic carbocycles. The second kappa shape index (κ2) is 9.44. The molecule has 0 aliphatic rings. The van der Waals surface area contributed by atoms with Gasteiger partial charge >= 0.3 is 0 Å². The van der Waals surface area contributed by atoms with Gasteiger partial charge in [-0.15, -0.1) is 0 Å². The van der Waals surface area contributed by atoms with E-state index in [9.17, 15) is 5.48 Å². The van der Waals surface area contributed by atoms with Gasteiger partial charge in [-0.1, -0.05) is 139 Å². The van der Waals surface area contributed by atoms with Gasteiger partial charge in [0.1, 0.15) is 11.2 Å². The molecule has 9 rings (SSSR count). The van der Waals surface area contributed by atoms with Crippen LogP contribution in [0.15, 0.2) is 162 Å². The van der Waals surface area contributed by atoms with Crippen molar-refractivity contribution in [2.45, 2.75) is 0 Å². The van der Waals surface area contributed by atoms with Gasteiger partial charge < -0.3 is 4.42 Å². The van der Waals surface area contributed by atoms with Crippen LogP contribution in [-0.2, 0) is 0 Å². The third-order valence-electron chi connectivity index (χ3n) is 8.32. The molecule has 0 radical (unpaired) electrons. The van der Waals surface area contributed by atoms with Gasteiger partial charge in [0.15, 0.2) is 0 Å². The van der Waals surface area contributed by atoms with E-state index in [1.54, 1.807) is 6.07 Å². The molecule has 0 saturated heterocycles. The third kappa shape index (κ3) is 3.65. The lowest BCUT2D eigenvalue weighted by Crippen LogP contribution is -1.92. The smallest absolute Gasteiger partial charge is 0.136 e. The zero-order chi connectivity index (χ0) is 35.3. The Morgan fingerprint density at radius 3 is 1.60 bits per heavy atom. The quantitative estimate of drug-likeness (QED) is 0.198. The number of benzene rings is 8. The number of fused-ring (bicyclic) bond motifs is 6. The zero-order valence-electron chi connectivity index (χ0n) is 30.8. The van der Waals surface area contributed by atoms with Crippen molar-refractivity contribution in [2.75, 3.05) is 0 Å². The largest absolute Gasteiger partial charge is 0.456 e. The fourth-order valence-corrected chi connectivity index (χ4v) is 6.45. The zero-order valence-corrected chi connectivity index (χ0v) is 22.8. The first kappa shape index (κ1) is 17.3. The third-order valence-corrected chi connectivity index (χ3v) is 8.32. The number of hydrogen-bond acceptors (Lipinski definition) is 1. The number of hydrogen-bond donors (Lipinski definition) is 0. The topological polar surface area (TPSA) is 13.1 Å². The fraction of sp³-hybridized carbons (Fsp3) is 0. The highest BCUT2D eigenvalue weighted by Gasteiger charge is 2.19. The molecular weight excluding hydrogens is 520 g/mol. The molecule has 9 aromatic rings. The van der Waals surface area contributed by atoms with Crippen molar-refractivity contribution in [2.24, 2.45) is 0 Å². The minimum Gasteiger partial charge on any atom is -0.456 e. The molecule has 0 aliphatic heterocycles. The monoisotopic (exact) mass is 554 g/mol. The van der Waals surface area contributed by atoms with E-state index in [0.29, 0.717) is 27.9 Å². The molecule has 43 heavy (non-hydrogen) atoms. The molecule has 0 aliphatic carbocycles. The number of rotatable bonds is 3. The fourth-order valence-electron chi connectivity index (χ4n) is 6.45. The van der Waals surface area contributed by atoms with Gasteiger partial charge in [-0.2, -0.15) is 0 Å². The summed E-state index contributed by atoms with van der Waals surface area (Å²) in [6.45, 7) is 0. The number of furan rings is 1. The summed E-state index contributed by atoms with van der Waals surface area (Å²) in [5.41, 5.74) is 4.89. The van der Waals surface area contributed by atoms with Gasteiger partial charge in [-0.3, -0.25) is 0 Å². The second-order valence-corrected chi connectivity index (χ2v) is 10.6. The summed E-state index contributed by atoms with van der Waals surface area (Å²) in [6, 6.07) is 31.7. The predicted octanol–water partition coefficient (Wildman–Crippen LogP) is 12.0. The van der Waals surface area contributed by atoms with Crippen LogP contribution in [0, 0.1) is 0 Å². The normalized spacial score (nSPS) is 14.3. The van der Waals surface area contributed by atoms with Crippen LogP contribution in [0.4, 0.5) is 0 Å². The highest BCUT2D eigenvalue weighted by atomic mass is 16.3. The predicted molar refractivity (Wildman–Crippen MR) is 183 cm³/mol. The number of para-hydroxylation sites is 1. The summed E-state index contributed by atoms with van der Waals surface area (Å²) in [6.07, 6.45) is 0. The molecule has 0 N–H and O–H groups in total. The molecule has 0 saturated carbocycles. The van der Waals surface area contributed by atoms with Crippen LogP contribution in [-0.4, -0.2) is 0 Å². The Morgan fingerprint density at radius 1 is 0.372 bits per heavy atom. The Kier molecular flexibility index (Phi) is 3.80. The summed E-state index contributed by atoms with van der Waals surface area (Å²) in [7, 11) is 0. The van der Waals surface area contributed by atoms with Gasteiger partial charge in [-0.25, -0.2) is 0 Å². The maximum absolute atomic E-state index is 9.36. The van der Waals surface area contributed by atoms with Crippen LogP contribution < -0.4 is 0 Å². The van der Waals surface area contributed by atoms with Gasteiger partial charge in [0, 0.05) is 10.8 Å². The molecule has 1 aromatic heterocycles. The molecule has 0 atom stereocenters. The van der Waals surface area contributed by atoms with E-state index in [2.05, 4.69) is 0 Å². The second-order valence-electron chi connectivity index (χ2n) is 10.6. The van der Waals surface area contributed by atoms with Crippen LogP contribution in [0.1, 0.15) is 11.0 Å². The van der Waals surface area contributed by atoms with E-state index in [4.69, 9.17) is 9.90 Å². The van der Waals surface area contributed by atoms with Crippen molar-refractivity contribution < 1.29 is 15.4 Å². The van der Waals surface area contributed by atoms with Gasteiger partial charge in [0.05, 0.1) is 11.0 Å². The Morgan fingerprint density at radius 2 is 0.907 bits per heavy atom. The van der Waals surface area contributed by atoms with E-state index < -0.39 is 24.2 Å². The van der Waals surface area contributed by atoms with Crippen molar-refractivity contribution in [1.29, 1.82) is 0 Å². The Bertz CT molecular complexity index is 2870. The lowest BCUT2D eigenvalue weighted by atomic mass is 9.83. The SMILES string of the molecule is [2H]c1c([2H])c([2H])c2c(-c3ccc(-c4ccccc4)c4ccccc34)c3c([2H])c([2H])c([2H])c([2H])c3c(-c3ccc4c(c3)oc3ccccc34)c2c1[2H]. The maximum atomic E-state index is 9.36. The van der Waals surface area contributed by atoms with Crippen molar-refractivity contribution in [3.05, 3.63) is 158 Å². The highest BCUT2D eigenvalue weighted by molar-refractivity contribution is 6.24. The van der Waals surface area contributed by atoms with Crippen LogP contribution in [0.3, 0.4) is 0 Å². The van der Waals surface area contributed by atoms with Crippen molar-refractivity contribution in [1.82, 2.24) is 0 Å². The van der Waals surface area contributed by atoms with Crippen LogP contribution in [0.2, 0.25) is 0 Å². The Hall–Kier alpha value is -5.66. The highest BCUT2D eigenvalue weighted by Crippen LogP contribution is 2.47. The molecule has 1 nitrogen and oxygen atoms in total. The average molecular weight is 555 g/mol.